The van der Waals surface area contributed by atoms with Crippen LogP contribution >= 0.6 is 0 Å². The Bertz CT molecular complexity index is 776. The summed E-state index contributed by atoms with van der Waals surface area (Å²) < 4.78 is 48.2. The van der Waals surface area contributed by atoms with E-state index in [0.717, 1.165) is 17.7 Å². The Morgan fingerprint density at radius 1 is 1.12 bits per heavy atom. The normalized spacial score (nSPS) is 11.1. The molecular formula is C17H17F3N2O3. The van der Waals surface area contributed by atoms with E-state index in [9.17, 15) is 18.0 Å². The Kier molecular flexibility index (Phi) is 5.51. The molecular weight excluding hydrogens is 337 g/mol. The molecule has 25 heavy (non-hydrogen) atoms. The lowest BCUT2D eigenvalue weighted by molar-refractivity contribution is -0.141. The van der Waals surface area contributed by atoms with Crippen LogP contribution in [-0.4, -0.2) is 25.1 Å². The molecule has 5 nitrogen and oxygen atoms in total. The van der Waals surface area contributed by atoms with Gasteiger partial charge in [-0.05, 0) is 36.8 Å². The van der Waals surface area contributed by atoms with E-state index >= 15 is 0 Å². The quantitative estimate of drug-likeness (QED) is 0.895. The van der Waals surface area contributed by atoms with Crippen LogP contribution < -0.4 is 14.8 Å². The maximum atomic E-state index is 12.6. The summed E-state index contributed by atoms with van der Waals surface area (Å²) in [6.07, 6.45) is -4.54. The molecule has 2 aromatic rings. The molecule has 0 unspecified atom stereocenters. The van der Waals surface area contributed by atoms with Crippen LogP contribution in [0.1, 0.15) is 27.3 Å². The summed E-state index contributed by atoms with van der Waals surface area (Å²) in [5.74, 6) is 0.565. The van der Waals surface area contributed by atoms with Crippen molar-refractivity contribution in [1.82, 2.24) is 10.3 Å². The summed E-state index contributed by atoms with van der Waals surface area (Å²) in [4.78, 5) is 15.6. The molecule has 0 aliphatic carbocycles. The average Bonchev–Trinajstić information content (AvgIpc) is 2.58. The van der Waals surface area contributed by atoms with Gasteiger partial charge in [-0.2, -0.15) is 13.2 Å². The van der Waals surface area contributed by atoms with Gasteiger partial charge in [0.2, 0.25) is 0 Å². The van der Waals surface area contributed by atoms with Crippen molar-refractivity contribution in [2.75, 3.05) is 14.2 Å². The van der Waals surface area contributed by atoms with E-state index < -0.39 is 17.8 Å². The highest BCUT2D eigenvalue weighted by molar-refractivity contribution is 5.95. The lowest BCUT2D eigenvalue weighted by atomic mass is 10.1. The van der Waals surface area contributed by atoms with E-state index in [1.165, 1.54) is 21.1 Å². The molecule has 0 aliphatic rings. The van der Waals surface area contributed by atoms with Crippen LogP contribution in [0.15, 0.2) is 30.3 Å². The molecule has 1 amide bonds. The highest BCUT2D eigenvalue weighted by Crippen LogP contribution is 2.29. The molecule has 8 heteroatoms. The predicted octanol–water partition coefficient (Wildman–Crippen LogP) is 3.36. The van der Waals surface area contributed by atoms with E-state index in [0.29, 0.717) is 11.5 Å². The molecule has 0 radical (unpaired) electrons. The number of pyridine rings is 1. The summed E-state index contributed by atoms with van der Waals surface area (Å²) in [6.45, 7) is 1.54. The number of halogens is 3. The zero-order chi connectivity index (χ0) is 18.6. The molecule has 0 spiro atoms. The Balaban J connectivity index is 2.10. The number of alkyl halides is 3. The first-order valence-corrected chi connectivity index (χ1v) is 7.30. The number of nitrogens with zero attached hydrogens (tertiary/aromatic N) is 1. The first-order chi connectivity index (χ1) is 11.8. The zero-order valence-electron chi connectivity index (χ0n) is 13.9. The number of methoxy groups -OCH3 is 2. The van der Waals surface area contributed by atoms with Crippen LogP contribution in [0.25, 0.3) is 0 Å². The Labute approximate surface area is 142 Å². The second-order valence-corrected chi connectivity index (χ2v) is 5.20. The van der Waals surface area contributed by atoms with Gasteiger partial charge in [-0.3, -0.25) is 4.79 Å². The zero-order valence-corrected chi connectivity index (χ0v) is 13.9. The fraction of sp³-hybridized carbons (Fsp3) is 0.294. The molecule has 0 aliphatic heterocycles. The second kappa shape index (κ2) is 7.42. The number of carbonyl (C=O) groups is 1. The van der Waals surface area contributed by atoms with Gasteiger partial charge in [0.1, 0.15) is 5.69 Å². The number of benzene rings is 1. The molecule has 1 aromatic heterocycles. The topological polar surface area (TPSA) is 60.5 Å². The minimum absolute atomic E-state index is 0.0136. The van der Waals surface area contributed by atoms with Gasteiger partial charge < -0.3 is 14.8 Å². The molecule has 0 saturated heterocycles. The van der Waals surface area contributed by atoms with Crippen LogP contribution in [0, 0.1) is 6.92 Å². The minimum Gasteiger partial charge on any atom is -0.493 e. The van der Waals surface area contributed by atoms with Crippen molar-refractivity contribution >= 4 is 5.91 Å². The van der Waals surface area contributed by atoms with Gasteiger partial charge in [0.05, 0.1) is 25.5 Å². The minimum atomic E-state index is -4.54. The number of aromatic nitrogens is 1. The van der Waals surface area contributed by atoms with Gasteiger partial charge in [-0.1, -0.05) is 6.07 Å². The number of nitrogens with one attached hydrogen (secondary N) is 1. The van der Waals surface area contributed by atoms with Crippen molar-refractivity contribution in [3.8, 4) is 11.5 Å². The van der Waals surface area contributed by atoms with Gasteiger partial charge in [0, 0.05) is 6.54 Å². The fourth-order valence-corrected chi connectivity index (χ4v) is 2.23. The van der Waals surface area contributed by atoms with Gasteiger partial charge in [-0.25, -0.2) is 4.98 Å². The largest absolute Gasteiger partial charge is 0.493 e. The lowest BCUT2D eigenvalue weighted by Gasteiger charge is -2.12. The number of hydrogen-bond donors (Lipinski definition) is 1. The molecule has 1 aromatic carbocycles. The molecule has 0 bridgehead atoms. The number of hydrogen-bond acceptors (Lipinski definition) is 4. The van der Waals surface area contributed by atoms with Crippen molar-refractivity contribution in [2.45, 2.75) is 19.6 Å². The highest BCUT2D eigenvalue weighted by Gasteiger charge is 2.33. The molecule has 2 rings (SSSR count). The number of ether oxygens (including phenoxy) is 2. The monoisotopic (exact) mass is 354 g/mol. The van der Waals surface area contributed by atoms with Crippen molar-refractivity contribution in [3.05, 3.63) is 52.8 Å². The van der Waals surface area contributed by atoms with E-state index in [4.69, 9.17) is 9.47 Å². The summed E-state index contributed by atoms with van der Waals surface area (Å²) in [6, 6.07) is 7.06. The van der Waals surface area contributed by atoms with Crippen molar-refractivity contribution in [3.63, 3.8) is 0 Å². The third kappa shape index (κ3) is 4.40. The van der Waals surface area contributed by atoms with Gasteiger partial charge in [0.15, 0.2) is 11.5 Å². The second-order valence-electron chi connectivity index (χ2n) is 5.20. The number of carbonyl (C=O) groups excluding carboxylic acids is 1. The Morgan fingerprint density at radius 3 is 2.36 bits per heavy atom. The first-order valence-electron chi connectivity index (χ1n) is 7.30. The van der Waals surface area contributed by atoms with E-state index in [1.807, 2.05) is 0 Å². The Morgan fingerprint density at radius 2 is 1.80 bits per heavy atom. The predicted molar refractivity (Wildman–Crippen MR) is 84.7 cm³/mol. The summed E-state index contributed by atoms with van der Waals surface area (Å²) >= 11 is 0. The van der Waals surface area contributed by atoms with E-state index in [2.05, 4.69) is 10.3 Å². The SMILES string of the molecule is COc1ccc(CNC(=O)c2ccc(C(F)(F)F)nc2C)cc1OC. The average molecular weight is 354 g/mol. The molecule has 0 saturated carbocycles. The van der Waals surface area contributed by atoms with Crippen molar-refractivity contribution < 1.29 is 27.4 Å². The van der Waals surface area contributed by atoms with Crippen LogP contribution in [0.3, 0.4) is 0 Å². The third-order valence-electron chi connectivity index (χ3n) is 3.52. The summed E-state index contributed by atoms with van der Waals surface area (Å²) in [5, 5.41) is 2.65. The maximum absolute atomic E-state index is 12.6. The smallest absolute Gasteiger partial charge is 0.433 e. The summed E-state index contributed by atoms with van der Waals surface area (Å²) in [7, 11) is 3.01. The van der Waals surface area contributed by atoms with Gasteiger partial charge >= 0.3 is 6.18 Å². The maximum Gasteiger partial charge on any atom is 0.433 e. The van der Waals surface area contributed by atoms with Crippen molar-refractivity contribution in [1.29, 1.82) is 0 Å². The van der Waals surface area contributed by atoms with E-state index in [-0.39, 0.29) is 17.8 Å². The first kappa shape index (κ1) is 18.6. The Hall–Kier alpha value is -2.77. The molecule has 1 heterocycles. The molecule has 134 valence electrons. The lowest BCUT2D eigenvalue weighted by Crippen LogP contribution is -2.24. The number of amides is 1. The van der Waals surface area contributed by atoms with Crippen LogP contribution in [0.5, 0.6) is 11.5 Å². The fourth-order valence-electron chi connectivity index (χ4n) is 2.23. The van der Waals surface area contributed by atoms with Crippen LogP contribution in [-0.2, 0) is 12.7 Å². The number of rotatable bonds is 5. The third-order valence-corrected chi connectivity index (χ3v) is 3.52. The standard InChI is InChI=1S/C17H17F3N2O3/c1-10-12(5-7-15(22-10)17(18,19)20)16(23)21-9-11-4-6-13(24-2)14(8-11)25-3/h4-8H,9H2,1-3H3,(H,21,23). The molecule has 0 fully saturated rings. The van der Waals surface area contributed by atoms with Gasteiger partial charge in [0.25, 0.3) is 5.91 Å². The van der Waals surface area contributed by atoms with Gasteiger partial charge in [-0.15, -0.1) is 0 Å². The molecule has 1 N–H and O–H groups in total. The van der Waals surface area contributed by atoms with Crippen molar-refractivity contribution in [2.24, 2.45) is 0 Å². The molecule has 0 atom stereocenters. The van der Waals surface area contributed by atoms with Crippen LogP contribution in [0.4, 0.5) is 13.2 Å². The number of aryl methyl sites for hydroxylation is 1. The summed E-state index contributed by atoms with van der Waals surface area (Å²) in [5.41, 5.74) is -0.168. The van der Waals surface area contributed by atoms with Crippen LogP contribution in [0.2, 0.25) is 0 Å². The van der Waals surface area contributed by atoms with E-state index in [1.54, 1.807) is 18.2 Å². The highest BCUT2D eigenvalue weighted by atomic mass is 19.4.